The van der Waals surface area contributed by atoms with Crippen LogP contribution in [0.15, 0.2) is 63.8 Å². The van der Waals surface area contributed by atoms with Crippen LogP contribution in [-0.4, -0.2) is 44.8 Å². The van der Waals surface area contributed by atoms with Crippen LogP contribution in [0.5, 0.6) is 5.75 Å². The van der Waals surface area contributed by atoms with Gasteiger partial charge < -0.3 is 34.6 Å². The van der Waals surface area contributed by atoms with Crippen molar-refractivity contribution in [1.82, 2.24) is 20.6 Å². The molecule has 11 heteroatoms. The van der Waals surface area contributed by atoms with Crippen LogP contribution in [-0.2, 0) is 21.4 Å². The minimum absolute atomic E-state index is 0.138. The molecule has 0 radical (unpaired) electrons. The number of amides is 2. The van der Waals surface area contributed by atoms with Crippen molar-refractivity contribution < 1.29 is 28.3 Å². The van der Waals surface area contributed by atoms with Crippen molar-refractivity contribution in [2.24, 2.45) is 5.92 Å². The fraction of sp³-hybridized carbons (Fsp3) is 0.394. The summed E-state index contributed by atoms with van der Waals surface area (Å²) >= 11 is 0. The SMILES string of the molecule is CCC(O)(CC)C(=O)N[C@H]1Cc2ccc3c(c2)C2(c4ccccc4N[C@H]2O3)c2oc(nc2-c2ncco2)[C@H](C(C)C)NC1=O. The number of hydrogen-bond donors (Lipinski definition) is 4. The molecule has 4 bridgehead atoms. The fourth-order valence-electron chi connectivity index (χ4n) is 6.65. The molecular formula is C33H35N5O6. The molecule has 3 aliphatic heterocycles. The first-order valence-corrected chi connectivity index (χ1v) is 15.1. The molecule has 0 fully saturated rings. The van der Waals surface area contributed by atoms with E-state index in [2.05, 4.69) is 20.9 Å². The average Bonchev–Trinajstić information content (AvgIpc) is 3.80. The minimum Gasteiger partial charge on any atom is -0.469 e. The highest BCUT2D eigenvalue weighted by Gasteiger charge is 2.61. The van der Waals surface area contributed by atoms with Gasteiger partial charge in [-0.15, -0.1) is 0 Å². The second-order valence-electron chi connectivity index (χ2n) is 12.1. The molecule has 4 atom stereocenters. The van der Waals surface area contributed by atoms with Gasteiger partial charge in [-0.3, -0.25) is 9.59 Å². The second-order valence-corrected chi connectivity index (χ2v) is 12.1. The number of hydrogen-bond acceptors (Lipinski definition) is 9. The normalized spacial score (nSPS) is 23.5. The lowest BCUT2D eigenvalue weighted by Gasteiger charge is -2.30. The summed E-state index contributed by atoms with van der Waals surface area (Å²) in [5, 5.41) is 20.4. The molecule has 5 heterocycles. The van der Waals surface area contributed by atoms with Gasteiger partial charge in [-0.1, -0.05) is 58.0 Å². The molecule has 2 aromatic carbocycles. The topological polar surface area (TPSA) is 152 Å². The highest BCUT2D eigenvalue weighted by atomic mass is 16.5. The van der Waals surface area contributed by atoms with Crippen LogP contribution in [0, 0.1) is 5.92 Å². The molecule has 44 heavy (non-hydrogen) atoms. The van der Waals surface area contributed by atoms with E-state index >= 15 is 0 Å². The van der Waals surface area contributed by atoms with Crippen LogP contribution in [0.2, 0.25) is 0 Å². The molecule has 4 aromatic rings. The van der Waals surface area contributed by atoms with Crippen molar-refractivity contribution in [3.63, 3.8) is 0 Å². The standard InChI is InChI=1S/C33H35N5O6/c1-5-32(41,6-2)30(40)35-22-16-18-11-12-23-20(15-18)33(19-9-7-8-10-21(19)36-31(33)43-23)26-25(28-34-13-14-42-28)38-29(44-26)24(17(3)4)37-27(22)39/h7-15,17,22,24,31,36,41H,5-6,16H2,1-4H3,(H,35,40)(H,37,39)/t22-,24-,31-,33?/m0/s1. The zero-order chi connectivity index (χ0) is 30.8. The second kappa shape index (κ2) is 10.2. The summed E-state index contributed by atoms with van der Waals surface area (Å²) in [6.45, 7) is 7.40. The molecule has 4 N–H and O–H groups in total. The van der Waals surface area contributed by atoms with Crippen LogP contribution < -0.4 is 20.7 Å². The van der Waals surface area contributed by atoms with E-state index < -0.39 is 41.1 Å². The quantitative estimate of drug-likeness (QED) is 0.256. The average molecular weight is 598 g/mol. The number of rotatable bonds is 6. The molecule has 2 aromatic heterocycles. The first-order chi connectivity index (χ1) is 21.2. The van der Waals surface area contributed by atoms with Gasteiger partial charge in [0.2, 0.25) is 17.7 Å². The minimum atomic E-state index is -1.59. The third-order valence-corrected chi connectivity index (χ3v) is 9.27. The van der Waals surface area contributed by atoms with E-state index in [1.807, 2.05) is 56.3 Å². The number of nitrogens with zero attached hydrogens (tertiary/aromatic N) is 2. The Morgan fingerprint density at radius 3 is 2.68 bits per heavy atom. The lowest BCUT2D eigenvalue weighted by atomic mass is 9.72. The van der Waals surface area contributed by atoms with Crippen molar-refractivity contribution in [2.75, 3.05) is 5.32 Å². The number of fused-ring (bicyclic) bond motifs is 4. The summed E-state index contributed by atoms with van der Waals surface area (Å²) in [4.78, 5) is 36.6. The Labute approximate surface area is 254 Å². The van der Waals surface area contributed by atoms with Crippen molar-refractivity contribution in [3.8, 4) is 17.3 Å². The zero-order valence-electron chi connectivity index (χ0n) is 25.0. The van der Waals surface area contributed by atoms with Crippen LogP contribution in [0.4, 0.5) is 5.69 Å². The molecule has 2 amide bonds. The fourth-order valence-corrected chi connectivity index (χ4v) is 6.65. The highest BCUT2D eigenvalue weighted by molar-refractivity contribution is 5.91. The summed E-state index contributed by atoms with van der Waals surface area (Å²) in [6, 6.07) is 12.1. The van der Waals surface area contributed by atoms with Gasteiger partial charge in [-0.05, 0) is 42.0 Å². The molecule has 1 spiro atoms. The monoisotopic (exact) mass is 597 g/mol. The molecule has 3 aliphatic rings. The summed E-state index contributed by atoms with van der Waals surface area (Å²) < 4.78 is 19.1. The van der Waals surface area contributed by atoms with Gasteiger partial charge in [-0.25, -0.2) is 9.97 Å². The maximum Gasteiger partial charge on any atom is 0.252 e. The van der Waals surface area contributed by atoms with E-state index in [1.54, 1.807) is 20.0 Å². The smallest absolute Gasteiger partial charge is 0.252 e. The van der Waals surface area contributed by atoms with Gasteiger partial charge in [0.1, 0.15) is 35.1 Å². The van der Waals surface area contributed by atoms with Gasteiger partial charge in [-0.2, -0.15) is 0 Å². The number of carbonyl (C=O) groups excluding carboxylic acids is 2. The van der Waals surface area contributed by atoms with E-state index in [1.165, 1.54) is 6.26 Å². The van der Waals surface area contributed by atoms with E-state index in [0.29, 0.717) is 17.2 Å². The molecular weight excluding hydrogens is 562 g/mol. The number of nitrogens with one attached hydrogen (secondary N) is 3. The van der Waals surface area contributed by atoms with Crippen molar-refractivity contribution in [2.45, 2.75) is 76.3 Å². The Bertz CT molecular complexity index is 1740. The summed E-state index contributed by atoms with van der Waals surface area (Å²) in [5.74, 6) is 0.575. The van der Waals surface area contributed by atoms with E-state index in [9.17, 15) is 14.7 Å². The largest absolute Gasteiger partial charge is 0.469 e. The Kier molecular flexibility index (Phi) is 6.54. The molecule has 0 saturated heterocycles. The van der Waals surface area contributed by atoms with Crippen LogP contribution in [0.25, 0.3) is 11.6 Å². The Morgan fingerprint density at radius 2 is 1.95 bits per heavy atom. The van der Waals surface area contributed by atoms with Gasteiger partial charge >= 0.3 is 0 Å². The highest BCUT2D eigenvalue weighted by Crippen LogP contribution is 2.59. The Balaban J connectivity index is 1.47. The predicted octanol–water partition coefficient (Wildman–Crippen LogP) is 4.21. The maximum absolute atomic E-state index is 14.0. The molecule has 11 nitrogen and oxygen atoms in total. The van der Waals surface area contributed by atoms with Crippen LogP contribution in [0.1, 0.15) is 74.9 Å². The lowest BCUT2D eigenvalue weighted by molar-refractivity contribution is -0.143. The third kappa shape index (κ3) is 4.06. The number of aromatic nitrogens is 2. The Hall–Kier alpha value is -4.64. The summed E-state index contributed by atoms with van der Waals surface area (Å²) in [7, 11) is 0. The number of para-hydroxylation sites is 1. The first kappa shape index (κ1) is 28.1. The van der Waals surface area contributed by atoms with E-state index in [-0.39, 0.29) is 37.0 Å². The van der Waals surface area contributed by atoms with Gasteiger partial charge in [0.25, 0.3) is 5.91 Å². The lowest BCUT2D eigenvalue weighted by Crippen LogP contribution is -2.55. The number of ether oxygens (including phenoxy) is 1. The molecule has 0 saturated carbocycles. The maximum atomic E-state index is 14.0. The van der Waals surface area contributed by atoms with Gasteiger partial charge in [0, 0.05) is 17.7 Å². The number of aliphatic hydroxyl groups is 1. The van der Waals surface area contributed by atoms with Gasteiger partial charge in [0.05, 0.1) is 6.20 Å². The van der Waals surface area contributed by atoms with Gasteiger partial charge in [0.15, 0.2) is 17.7 Å². The number of benzene rings is 2. The molecule has 7 rings (SSSR count). The summed E-state index contributed by atoms with van der Waals surface area (Å²) in [6.07, 6.45) is 3.10. The van der Waals surface area contributed by atoms with E-state index in [4.69, 9.17) is 18.6 Å². The Morgan fingerprint density at radius 1 is 1.16 bits per heavy atom. The van der Waals surface area contributed by atoms with Crippen LogP contribution in [0.3, 0.4) is 0 Å². The summed E-state index contributed by atoms with van der Waals surface area (Å²) in [5.41, 5.74) is 1.33. The van der Waals surface area contributed by atoms with E-state index in [0.717, 1.165) is 22.4 Å². The zero-order valence-corrected chi connectivity index (χ0v) is 25.0. The molecule has 228 valence electrons. The predicted molar refractivity (Wildman–Crippen MR) is 160 cm³/mol. The molecule has 1 unspecified atom stereocenters. The third-order valence-electron chi connectivity index (χ3n) is 9.27. The number of carbonyl (C=O) groups is 2. The molecule has 0 aliphatic carbocycles. The van der Waals surface area contributed by atoms with Crippen molar-refractivity contribution in [3.05, 3.63) is 83.3 Å². The number of anilines is 1. The first-order valence-electron chi connectivity index (χ1n) is 15.1. The van der Waals surface area contributed by atoms with Crippen molar-refractivity contribution >= 4 is 17.5 Å². The number of oxazole rings is 2. The van der Waals surface area contributed by atoms with Crippen LogP contribution >= 0.6 is 0 Å². The van der Waals surface area contributed by atoms with Crippen molar-refractivity contribution in [1.29, 1.82) is 0 Å².